The van der Waals surface area contributed by atoms with E-state index in [1.54, 1.807) is 6.07 Å². The number of sulfonamides is 1. The maximum atomic E-state index is 12.2. The molecule has 0 heterocycles. The molecule has 0 unspecified atom stereocenters. The predicted molar refractivity (Wildman–Crippen MR) is 82.7 cm³/mol. The van der Waals surface area contributed by atoms with Crippen molar-refractivity contribution in [3.63, 3.8) is 0 Å². The molecule has 0 atom stereocenters. The van der Waals surface area contributed by atoms with Crippen molar-refractivity contribution in [1.29, 1.82) is 0 Å². The van der Waals surface area contributed by atoms with E-state index in [-0.39, 0.29) is 23.1 Å². The minimum Gasteiger partial charge on any atom is -0.495 e. The van der Waals surface area contributed by atoms with E-state index >= 15 is 0 Å². The number of ether oxygens (including phenoxy) is 1. The van der Waals surface area contributed by atoms with Crippen molar-refractivity contribution in [3.05, 3.63) is 35.9 Å². The molecule has 22 heavy (non-hydrogen) atoms. The summed E-state index contributed by atoms with van der Waals surface area (Å²) >= 11 is 0. The van der Waals surface area contributed by atoms with E-state index in [0.29, 0.717) is 18.4 Å². The zero-order valence-electron chi connectivity index (χ0n) is 12.6. The minimum atomic E-state index is -3.88. The highest BCUT2D eigenvalue weighted by molar-refractivity contribution is 7.89. The predicted octanol–water partition coefficient (Wildman–Crippen LogP) is 1.32. The minimum absolute atomic E-state index is 0.0505. The van der Waals surface area contributed by atoms with E-state index < -0.39 is 15.4 Å². The smallest absolute Gasteiger partial charge is 0.241 e. The fraction of sp³-hybridized carbons (Fsp3) is 0.400. The van der Waals surface area contributed by atoms with Crippen LogP contribution in [0.2, 0.25) is 0 Å². The molecule has 7 heteroatoms. The molecule has 6 nitrogen and oxygen atoms in total. The summed E-state index contributed by atoms with van der Waals surface area (Å²) in [4.78, 5) is 12.1. The van der Waals surface area contributed by atoms with Crippen LogP contribution in [0.5, 0.6) is 5.75 Å². The topological polar surface area (TPSA) is 98.5 Å². The third-order valence-corrected chi connectivity index (χ3v) is 4.77. The summed E-state index contributed by atoms with van der Waals surface area (Å²) < 4.78 is 28.1. The quantitative estimate of drug-likeness (QED) is 0.798. The molecule has 120 valence electrons. The van der Waals surface area contributed by atoms with E-state index in [1.807, 2.05) is 19.1 Å². The molecule has 1 aromatic carbocycles. The zero-order chi connectivity index (χ0) is 16.4. The fourth-order valence-electron chi connectivity index (χ4n) is 2.40. The summed E-state index contributed by atoms with van der Waals surface area (Å²) in [6, 6.07) is 4.65. The third-order valence-electron chi connectivity index (χ3n) is 3.84. The van der Waals surface area contributed by atoms with Crippen LogP contribution in [-0.2, 0) is 21.4 Å². The second kappa shape index (κ2) is 6.10. The molecule has 0 bridgehead atoms. The van der Waals surface area contributed by atoms with Gasteiger partial charge in [-0.3, -0.25) is 4.79 Å². The van der Waals surface area contributed by atoms with Crippen LogP contribution in [0.15, 0.2) is 35.2 Å². The van der Waals surface area contributed by atoms with Crippen molar-refractivity contribution < 1.29 is 17.9 Å². The lowest BCUT2D eigenvalue weighted by Gasteiger charge is -2.22. The van der Waals surface area contributed by atoms with Gasteiger partial charge in [-0.2, -0.15) is 0 Å². The molecule has 0 radical (unpaired) electrons. The van der Waals surface area contributed by atoms with Gasteiger partial charge in [-0.05, 0) is 30.5 Å². The van der Waals surface area contributed by atoms with Gasteiger partial charge in [-0.1, -0.05) is 25.1 Å². The lowest BCUT2D eigenvalue weighted by molar-refractivity contribution is -0.129. The van der Waals surface area contributed by atoms with E-state index in [9.17, 15) is 13.2 Å². The average molecular weight is 324 g/mol. The van der Waals surface area contributed by atoms with Gasteiger partial charge in [0.15, 0.2) is 0 Å². The number of nitrogens with one attached hydrogen (secondary N) is 1. The first-order valence-corrected chi connectivity index (χ1v) is 8.44. The largest absolute Gasteiger partial charge is 0.495 e. The summed E-state index contributed by atoms with van der Waals surface area (Å²) in [7, 11) is -2.51. The van der Waals surface area contributed by atoms with Crippen molar-refractivity contribution in [2.75, 3.05) is 7.11 Å². The van der Waals surface area contributed by atoms with Crippen LogP contribution < -0.4 is 15.2 Å². The third kappa shape index (κ3) is 3.48. The van der Waals surface area contributed by atoms with Crippen LogP contribution >= 0.6 is 0 Å². The standard InChI is InChI=1S/C15H20N2O4S/c1-15(7-3-4-8-15)14(18)17-10-11-5-6-12(21-2)13(9-11)22(16,19)20/h3-6,9H,7-8,10H2,1-2H3,(H,17,18)(H2,16,19,20). The Kier molecular flexibility index (Phi) is 4.58. The maximum absolute atomic E-state index is 12.2. The first-order valence-electron chi connectivity index (χ1n) is 6.89. The van der Waals surface area contributed by atoms with Gasteiger partial charge in [-0.15, -0.1) is 0 Å². The first kappa shape index (κ1) is 16.5. The number of primary sulfonamides is 1. The van der Waals surface area contributed by atoms with Gasteiger partial charge in [-0.25, -0.2) is 13.6 Å². The van der Waals surface area contributed by atoms with Crippen molar-refractivity contribution >= 4 is 15.9 Å². The summed E-state index contributed by atoms with van der Waals surface area (Å²) in [5, 5.41) is 8.02. The lowest BCUT2D eigenvalue weighted by atomic mass is 9.87. The Balaban J connectivity index is 2.12. The Bertz CT molecular complexity index is 702. The van der Waals surface area contributed by atoms with Gasteiger partial charge in [0.05, 0.1) is 12.5 Å². The lowest BCUT2D eigenvalue weighted by Crippen LogP contribution is -2.36. The number of benzene rings is 1. The molecule has 0 saturated carbocycles. The number of carbonyl (C=O) groups excluding carboxylic acids is 1. The zero-order valence-corrected chi connectivity index (χ0v) is 13.4. The molecule has 1 amide bonds. The van der Waals surface area contributed by atoms with Crippen LogP contribution in [0.25, 0.3) is 0 Å². The molecule has 1 aliphatic carbocycles. The van der Waals surface area contributed by atoms with E-state index in [2.05, 4.69) is 5.32 Å². The maximum Gasteiger partial charge on any atom is 0.241 e. The number of hydrogen-bond donors (Lipinski definition) is 2. The molecule has 1 aromatic rings. The van der Waals surface area contributed by atoms with E-state index in [4.69, 9.17) is 9.88 Å². The van der Waals surface area contributed by atoms with Crippen LogP contribution in [0.3, 0.4) is 0 Å². The van der Waals surface area contributed by atoms with Crippen molar-refractivity contribution in [2.24, 2.45) is 10.6 Å². The Hall–Kier alpha value is -1.86. The summed E-state index contributed by atoms with van der Waals surface area (Å²) in [6.07, 6.45) is 5.41. The second-order valence-corrected chi connectivity index (χ2v) is 7.18. The van der Waals surface area contributed by atoms with Gasteiger partial charge in [0, 0.05) is 6.54 Å². The van der Waals surface area contributed by atoms with Crippen LogP contribution in [0.1, 0.15) is 25.3 Å². The Labute approximate surface area is 130 Å². The molecule has 0 spiro atoms. The average Bonchev–Trinajstić information content (AvgIpc) is 2.91. The normalized spacial score (nSPS) is 16.5. The van der Waals surface area contributed by atoms with E-state index in [0.717, 1.165) is 0 Å². The Morgan fingerprint density at radius 1 is 1.36 bits per heavy atom. The van der Waals surface area contributed by atoms with Crippen molar-refractivity contribution in [3.8, 4) is 5.75 Å². The number of amides is 1. The second-order valence-electron chi connectivity index (χ2n) is 5.65. The highest BCUT2D eigenvalue weighted by Gasteiger charge is 2.33. The summed E-state index contributed by atoms with van der Waals surface area (Å²) in [5.41, 5.74) is 0.225. The van der Waals surface area contributed by atoms with Crippen molar-refractivity contribution in [1.82, 2.24) is 5.32 Å². The van der Waals surface area contributed by atoms with Gasteiger partial charge in [0.1, 0.15) is 10.6 Å². The van der Waals surface area contributed by atoms with Gasteiger partial charge in [0.25, 0.3) is 0 Å². The molecular formula is C15H20N2O4S. The highest BCUT2D eigenvalue weighted by atomic mass is 32.2. The first-order chi connectivity index (χ1) is 10.3. The Morgan fingerprint density at radius 2 is 2.00 bits per heavy atom. The van der Waals surface area contributed by atoms with E-state index in [1.165, 1.54) is 19.2 Å². The molecule has 3 N–H and O–H groups in total. The molecule has 0 aliphatic heterocycles. The Morgan fingerprint density at radius 3 is 2.55 bits per heavy atom. The number of allylic oxidation sites excluding steroid dienone is 2. The molecule has 0 saturated heterocycles. The van der Waals surface area contributed by atoms with Crippen LogP contribution in [0, 0.1) is 5.41 Å². The van der Waals surface area contributed by atoms with Crippen LogP contribution in [-0.4, -0.2) is 21.4 Å². The SMILES string of the molecule is COc1ccc(CNC(=O)C2(C)CC=CC2)cc1S(N)(=O)=O. The van der Waals surface area contributed by atoms with Gasteiger partial charge >= 0.3 is 0 Å². The number of hydrogen-bond acceptors (Lipinski definition) is 4. The highest BCUT2D eigenvalue weighted by Crippen LogP contribution is 2.32. The summed E-state index contributed by atoms with van der Waals surface area (Å²) in [5.74, 6) is 0.134. The van der Waals surface area contributed by atoms with Gasteiger partial charge < -0.3 is 10.1 Å². The number of methoxy groups -OCH3 is 1. The van der Waals surface area contributed by atoms with Gasteiger partial charge in [0.2, 0.25) is 15.9 Å². The molecule has 0 fully saturated rings. The van der Waals surface area contributed by atoms with Crippen LogP contribution in [0.4, 0.5) is 0 Å². The molecule has 1 aliphatic rings. The fourth-order valence-corrected chi connectivity index (χ4v) is 3.15. The number of carbonyl (C=O) groups is 1. The molecule has 0 aromatic heterocycles. The molecule has 2 rings (SSSR count). The summed E-state index contributed by atoms with van der Waals surface area (Å²) in [6.45, 7) is 2.15. The molecular weight excluding hydrogens is 304 g/mol. The number of nitrogens with two attached hydrogens (primary N) is 1. The van der Waals surface area contributed by atoms with Crippen molar-refractivity contribution in [2.45, 2.75) is 31.2 Å². The monoisotopic (exact) mass is 324 g/mol. The number of rotatable bonds is 5.